The monoisotopic (exact) mass is 358 g/mol. The van der Waals surface area contributed by atoms with Gasteiger partial charge in [-0.05, 0) is 38.3 Å². The summed E-state index contributed by atoms with van der Waals surface area (Å²) in [6.45, 7) is 8.63. The van der Waals surface area contributed by atoms with Crippen LogP contribution in [0, 0.1) is 23.7 Å². The zero-order chi connectivity index (χ0) is 19.4. The van der Waals surface area contributed by atoms with Crippen molar-refractivity contribution in [2.75, 3.05) is 0 Å². The molecule has 26 heavy (non-hydrogen) atoms. The van der Waals surface area contributed by atoms with Crippen LogP contribution in [0.2, 0.25) is 0 Å². The smallest absolute Gasteiger partial charge is 0.307 e. The van der Waals surface area contributed by atoms with E-state index in [1.807, 2.05) is 26.8 Å². The van der Waals surface area contributed by atoms with Gasteiger partial charge in [-0.3, -0.25) is 14.4 Å². The molecule has 3 rings (SSSR count). The number of hydrogen-bond acceptors (Lipinski definition) is 5. The van der Waals surface area contributed by atoms with Crippen LogP contribution in [0.25, 0.3) is 0 Å². The van der Waals surface area contributed by atoms with Gasteiger partial charge in [0.25, 0.3) is 0 Å². The number of carbonyl (C=O) groups is 3. The van der Waals surface area contributed by atoms with Crippen molar-refractivity contribution in [3.05, 3.63) is 34.6 Å². The van der Waals surface area contributed by atoms with Crippen molar-refractivity contribution in [3.8, 4) is 0 Å². The molecule has 0 aliphatic heterocycles. The SMILES string of the molecule is CC(=O)OC1=CC2C(=C(C)C)C(=O)CC(C)C2(O)C2C=C(C)C(=O)C2C1. The lowest BCUT2D eigenvalue weighted by Gasteiger charge is -2.48. The highest BCUT2D eigenvalue weighted by Crippen LogP contribution is 2.54. The summed E-state index contributed by atoms with van der Waals surface area (Å²) in [5, 5.41) is 11.9. The zero-order valence-corrected chi connectivity index (χ0v) is 16.0. The maximum atomic E-state index is 12.7. The van der Waals surface area contributed by atoms with E-state index in [4.69, 9.17) is 4.74 Å². The Balaban J connectivity index is 2.23. The molecular weight excluding hydrogens is 332 g/mol. The van der Waals surface area contributed by atoms with E-state index in [0.29, 0.717) is 16.9 Å². The Morgan fingerprint density at radius 3 is 2.42 bits per heavy atom. The van der Waals surface area contributed by atoms with E-state index < -0.39 is 29.3 Å². The summed E-state index contributed by atoms with van der Waals surface area (Å²) < 4.78 is 5.36. The topological polar surface area (TPSA) is 80.7 Å². The van der Waals surface area contributed by atoms with Crippen LogP contribution in [0.1, 0.15) is 47.5 Å². The molecule has 5 nitrogen and oxygen atoms in total. The molecule has 0 aromatic carbocycles. The highest BCUT2D eigenvalue weighted by atomic mass is 16.5. The number of ether oxygens (including phenoxy) is 1. The van der Waals surface area contributed by atoms with E-state index in [2.05, 4.69) is 0 Å². The van der Waals surface area contributed by atoms with Gasteiger partial charge in [-0.1, -0.05) is 18.6 Å². The van der Waals surface area contributed by atoms with E-state index in [1.54, 1.807) is 13.0 Å². The van der Waals surface area contributed by atoms with Gasteiger partial charge in [0, 0.05) is 43.1 Å². The van der Waals surface area contributed by atoms with Crippen LogP contribution < -0.4 is 0 Å². The second-order valence-electron chi connectivity index (χ2n) is 8.08. The average molecular weight is 358 g/mol. The lowest BCUT2D eigenvalue weighted by molar-refractivity contribution is -0.139. The molecule has 3 aliphatic carbocycles. The van der Waals surface area contributed by atoms with Crippen molar-refractivity contribution in [3.63, 3.8) is 0 Å². The maximum Gasteiger partial charge on any atom is 0.307 e. The van der Waals surface area contributed by atoms with Gasteiger partial charge in [0.15, 0.2) is 11.6 Å². The summed E-state index contributed by atoms with van der Waals surface area (Å²) in [5.74, 6) is -1.89. The molecule has 0 amide bonds. The molecule has 0 aromatic heterocycles. The van der Waals surface area contributed by atoms with Crippen molar-refractivity contribution < 1.29 is 24.2 Å². The molecule has 0 aromatic rings. The van der Waals surface area contributed by atoms with Crippen molar-refractivity contribution in [1.29, 1.82) is 0 Å². The Morgan fingerprint density at radius 2 is 1.85 bits per heavy atom. The van der Waals surface area contributed by atoms with Crippen molar-refractivity contribution >= 4 is 17.5 Å². The third kappa shape index (κ3) is 2.69. The predicted molar refractivity (Wildman–Crippen MR) is 95.8 cm³/mol. The number of Topliss-reactive ketones (excluding diaryl/α,β-unsaturated/α-hetero) is 2. The van der Waals surface area contributed by atoms with Crippen LogP contribution in [0.3, 0.4) is 0 Å². The molecule has 0 spiro atoms. The van der Waals surface area contributed by atoms with Gasteiger partial charge in [-0.15, -0.1) is 0 Å². The van der Waals surface area contributed by atoms with Crippen LogP contribution in [-0.2, 0) is 19.1 Å². The first-order valence-electron chi connectivity index (χ1n) is 9.12. The third-order valence-corrected chi connectivity index (χ3v) is 6.10. The molecule has 5 unspecified atom stereocenters. The van der Waals surface area contributed by atoms with Gasteiger partial charge in [0.2, 0.25) is 0 Å². The van der Waals surface area contributed by atoms with Crippen LogP contribution in [-0.4, -0.2) is 28.2 Å². The Kier molecular flexibility index (Phi) is 4.55. The zero-order valence-electron chi connectivity index (χ0n) is 16.0. The van der Waals surface area contributed by atoms with Crippen molar-refractivity contribution in [1.82, 2.24) is 0 Å². The molecule has 0 heterocycles. The summed E-state index contributed by atoms with van der Waals surface area (Å²) >= 11 is 0. The quantitative estimate of drug-likeness (QED) is 0.576. The summed E-state index contributed by atoms with van der Waals surface area (Å²) in [6.07, 6.45) is 4.05. The second-order valence-corrected chi connectivity index (χ2v) is 8.08. The Bertz CT molecular complexity index is 780. The average Bonchev–Trinajstić information content (AvgIpc) is 2.72. The Hall–Kier alpha value is -2.01. The highest BCUT2D eigenvalue weighted by Gasteiger charge is 2.59. The molecule has 0 bridgehead atoms. The lowest BCUT2D eigenvalue weighted by Crippen LogP contribution is -2.55. The first-order chi connectivity index (χ1) is 12.1. The fourth-order valence-corrected chi connectivity index (χ4v) is 4.93. The molecule has 5 heteroatoms. The van der Waals surface area contributed by atoms with E-state index in [9.17, 15) is 19.5 Å². The van der Waals surface area contributed by atoms with Crippen LogP contribution in [0.15, 0.2) is 34.6 Å². The van der Waals surface area contributed by atoms with E-state index >= 15 is 0 Å². The highest BCUT2D eigenvalue weighted by molar-refractivity contribution is 6.01. The molecule has 0 saturated heterocycles. The Labute approximate surface area is 153 Å². The predicted octanol–water partition coefficient (Wildman–Crippen LogP) is 2.89. The van der Waals surface area contributed by atoms with Crippen LogP contribution in [0.5, 0.6) is 0 Å². The fraction of sp³-hybridized carbons (Fsp3) is 0.571. The van der Waals surface area contributed by atoms with Crippen molar-refractivity contribution in [2.45, 2.75) is 53.1 Å². The summed E-state index contributed by atoms with van der Waals surface area (Å²) in [6, 6.07) is 0. The standard InChI is InChI=1S/C21H26O5/c1-10(2)19-17-9-14(26-13(5)22)8-15-16(6-11(3)20(15)24)21(17,25)12(4)7-18(19)23/h6,9,12,15-17,25H,7-8H2,1-5H3. The van der Waals surface area contributed by atoms with E-state index in [0.717, 1.165) is 5.57 Å². The number of esters is 1. The summed E-state index contributed by atoms with van der Waals surface area (Å²) in [7, 11) is 0. The van der Waals surface area contributed by atoms with Gasteiger partial charge < -0.3 is 9.84 Å². The second kappa shape index (κ2) is 6.31. The van der Waals surface area contributed by atoms with Gasteiger partial charge in [0.05, 0.1) is 5.60 Å². The number of hydrogen-bond donors (Lipinski definition) is 1. The van der Waals surface area contributed by atoms with Gasteiger partial charge >= 0.3 is 5.97 Å². The first-order valence-corrected chi connectivity index (χ1v) is 9.12. The molecular formula is C21H26O5. The Morgan fingerprint density at radius 1 is 1.19 bits per heavy atom. The minimum absolute atomic E-state index is 0.00840. The van der Waals surface area contributed by atoms with Crippen LogP contribution >= 0.6 is 0 Å². The molecule has 140 valence electrons. The van der Waals surface area contributed by atoms with Gasteiger partial charge in [-0.2, -0.15) is 0 Å². The number of aliphatic hydroxyl groups is 1. The molecule has 5 atom stereocenters. The molecule has 1 saturated carbocycles. The minimum Gasteiger partial charge on any atom is -0.432 e. The fourth-order valence-electron chi connectivity index (χ4n) is 4.93. The lowest BCUT2D eigenvalue weighted by atomic mass is 9.59. The van der Waals surface area contributed by atoms with E-state index in [-0.39, 0.29) is 30.3 Å². The number of ketones is 2. The summed E-state index contributed by atoms with van der Waals surface area (Å²) in [4.78, 5) is 37.0. The normalized spacial score (nSPS) is 36.6. The number of allylic oxidation sites excluding steroid dienone is 3. The maximum absolute atomic E-state index is 12.7. The largest absolute Gasteiger partial charge is 0.432 e. The number of carbonyl (C=O) groups excluding carboxylic acids is 3. The first kappa shape index (κ1) is 18.8. The van der Waals surface area contributed by atoms with Gasteiger partial charge in [-0.25, -0.2) is 0 Å². The van der Waals surface area contributed by atoms with Crippen LogP contribution in [0.4, 0.5) is 0 Å². The van der Waals surface area contributed by atoms with E-state index in [1.165, 1.54) is 6.92 Å². The minimum atomic E-state index is -1.26. The summed E-state index contributed by atoms with van der Waals surface area (Å²) in [5.41, 5.74) is 0.771. The molecule has 3 aliphatic rings. The molecule has 1 fully saturated rings. The molecule has 0 radical (unpaired) electrons. The molecule has 1 N–H and O–H groups in total. The third-order valence-electron chi connectivity index (χ3n) is 6.10. The van der Waals surface area contributed by atoms with Crippen molar-refractivity contribution in [2.24, 2.45) is 23.7 Å². The number of fused-ring (bicyclic) bond motifs is 3. The number of rotatable bonds is 1. The van der Waals surface area contributed by atoms with Gasteiger partial charge in [0.1, 0.15) is 5.76 Å².